The van der Waals surface area contributed by atoms with E-state index in [1.165, 1.54) is 12.8 Å². The van der Waals surface area contributed by atoms with Gasteiger partial charge in [0.2, 0.25) is 0 Å². The van der Waals surface area contributed by atoms with Gasteiger partial charge in [-0.1, -0.05) is 51.0 Å². The molecular formula is C11H16. The quantitative estimate of drug-likeness (QED) is 0.564. The molecule has 2 aliphatic carbocycles. The minimum atomic E-state index is 0.517. The van der Waals surface area contributed by atoms with Crippen molar-refractivity contribution in [2.45, 2.75) is 26.7 Å². The molecule has 0 N–H and O–H groups in total. The zero-order chi connectivity index (χ0) is 7.90. The Hall–Kier alpha value is -0.520. The lowest BCUT2D eigenvalue weighted by Crippen LogP contribution is -1.92. The normalized spacial score (nSPS) is 36.9. The van der Waals surface area contributed by atoms with Gasteiger partial charge in [0.25, 0.3) is 0 Å². The maximum Gasteiger partial charge on any atom is 0.0129 e. The molecule has 0 nitrogen and oxygen atoms in total. The third-order valence-electron chi connectivity index (χ3n) is 3.42. The molecular weight excluding hydrogens is 132 g/mol. The summed E-state index contributed by atoms with van der Waals surface area (Å²) in [6.45, 7) is 4.62. The second kappa shape index (κ2) is 2.23. The molecule has 11 heavy (non-hydrogen) atoms. The van der Waals surface area contributed by atoms with Crippen LogP contribution in [0, 0.1) is 17.3 Å². The van der Waals surface area contributed by atoms with Gasteiger partial charge in [0, 0.05) is 5.41 Å². The molecule has 1 fully saturated rings. The van der Waals surface area contributed by atoms with Crippen molar-refractivity contribution in [2.75, 3.05) is 0 Å². The molecule has 60 valence electrons. The van der Waals surface area contributed by atoms with E-state index in [1.54, 1.807) is 0 Å². The van der Waals surface area contributed by atoms with E-state index in [1.807, 2.05) is 0 Å². The maximum absolute atomic E-state index is 2.40. The van der Waals surface area contributed by atoms with E-state index >= 15 is 0 Å². The second-order valence-electron chi connectivity index (χ2n) is 3.75. The van der Waals surface area contributed by atoms with Crippen molar-refractivity contribution in [3.8, 4) is 0 Å². The Labute approximate surface area is 69.0 Å². The van der Waals surface area contributed by atoms with Crippen LogP contribution in [0.3, 0.4) is 0 Å². The van der Waals surface area contributed by atoms with Crippen molar-refractivity contribution >= 4 is 0 Å². The Balaban J connectivity index is 2.17. The fourth-order valence-corrected chi connectivity index (χ4v) is 2.86. The van der Waals surface area contributed by atoms with Crippen LogP contribution in [0.25, 0.3) is 0 Å². The zero-order valence-corrected chi connectivity index (χ0v) is 7.38. The van der Waals surface area contributed by atoms with E-state index in [0.29, 0.717) is 5.41 Å². The van der Waals surface area contributed by atoms with E-state index in [4.69, 9.17) is 0 Å². The van der Waals surface area contributed by atoms with Crippen LogP contribution in [0.2, 0.25) is 0 Å². The molecule has 2 atom stereocenters. The lowest BCUT2D eigenvalue weighted by molar-refractivity contribution is 0.663. The summed E-state index contributed by atoms with van der Waals surface area (Å²) in [6, 6.07) is 0. The molecule has 2 aliphatic rings. The van der Waals surface area contributed by atoms with Gasteiger partial charge in [0.1, 0.15) is 0 Å². The van der Waals surface area contributed by atoms with E-state index in [2.05, 4.69) is 38.2 Å². The van der Waals surface area contributed by atoms with Crippen LogP contribution >= 0.6 is 0 Å². The van der Waals surface area contributed by atoms with Crippen molar-refractivity contribution in [2.24, 2.45) is 17.3 Å². The van der Waals surface area contributed by atoms with Crippen LogP contribution in [-0.4, -0.2) is 0 Å². The summed E-state index contributed by atoms with van der Waals surface area (Å²) in [4.78, 5) is 0. The van der Waals surface area contributed by atoms with E-state index in [9.17, 15) is 0 Å². The number of rotatable bonds is 2. The molecule has 0 saturated heterocycles. The lowest BCUT2D eigenvalue weighted by Gasteiger charge is -2.00. The van der Waals surface area contributed by atoms with E-state index in [-0.39, 0.29) is 0 Å². The van der Waals surface area contributed by atoms with E-state index in [0.717, 1.165) is 11.8 Å². The van der Waals surface area contributed by atoms with Crippen molar-refractivity contribution in [3.63, 3.8) is 0 Å². The van der Waals surface area contributed by atoms with Gasteiger partial charge in [-0.2, -0.15) is 0 Å². The average molecular weight is 148 g/mol. The summed E-state index contributed by atoms with van der Waals surface area (Å²) >= 11 is 0. The highest BCUT2D eigenvalue weighted by atomic mass is 14.6. The summed E-state index contributed by atoms with van der Waals surface area (Å²) in [7, 11) is 0. The standard InChI is InChI=1S/C11H16/c1-3-9-10(4-2)11(9)7-5-6-8-11/h5-10H,3-4H2,1-2H3/t9-,10-/m1/s1. The molecule has 0 aliphatic heterocycles. The monoisotopic (exact) mass is 148 g/mol. The highest BCUT2D eigenvalue weighted by Crippen LogP contribution is 2.65. The highest BCUT2D eigenvalue weighted by molar-refractivity contribution is 5.36. The van der Waals surface area contributed by atoms with Crippen molar-refractivity contribution in [1.82, 2.24) is 0 Å². The molecule has 2 rings (SSSR count). The Morgan fingerprint density at radius 3 is 1.82 bits per heavy atom. The van der Waals surface area contributed by atoms with Crippen LogP contribution in [0.15, 0.2) is 24.3 Å². The number of hydrogen-bond donors (Lipinski definition) is 0. The molecule has 0 aromatic heterocycles. The predicted molar refractivity (Wildman–Crippen MR) is 48.3 cm³/mol. The lowest BCUT2D eigenvalue weighted by atomic mass is 10.0. The largest absolute Gasteiger partial charge is 0.0740 e. The summed E-state index contributed by atoms with van der Waals surface area (Å²) < 4.78 is 0. The molecule has 0 heterocycles. The van der Waals surface area contributed by atoms with Gasteiger partial charge in [-0.05, 0) is 11.8 Å². The third kappa shape index (κ3) is 0.756. The fraction of sp³-hybridized carbons (Fsp3) is 0.636. The van der Waals surface area contributed by atoms with Gasteiger partial charge in [-0.25, -0.2) is 0 Å². The van der Waals surface area contributed by atoms with Gasteiger partial charge >= 0.3 is 0 Å². The summed E-state index contributed by atoms with van der Waals surface area (Å²) in [5, 5.41) is 0. The van der Waals surface area contributed by atoms with Gasteiger partial charge in [-0.15, -0.1) is 0 Å². The smallest absolute Gasteiger partial charge is 0.0129 e. The Kier molecular flexibility index (Phi) is 1.45. The van der Waals surface area contributed by atoms with Crippen LogP contribution in [0.1, 0.15) is 26.7 Å². The molecule has 1 saturated carbocycles. The summed E-state index contributed by atoms with van der Waals surface area (Å²) in [5.74, 6) is 1.89. The van der Waals surface area contributed by atoms with Crippen molar-refractivity contribution in [1.29, 1.82) is 0 Å². The van der Waals surface area contributed by atoms with Gasteiger partial charge in [0.05, 0.1) is 0 Å². The topological polar surface area (TPSA) is 0 Å². The Bertz CT molecular complexity index is 186. The number of hydrogen-bond acceptors (Lipinski definition) is 0. The molecule has 0 unspecified atom stereocenters. The second-order valence-corrected chi connectivity index (χ2v) is 3.75. The minimum absolute atomic E-state index is 0.517. The summed E-state index contributed by atoms with van der Waals surface area (Å²) in [6.07, 6.45) is 11.9. The molecule has 0 radical (unpaired) electrons. The zero-order valence-electron chi connectivity index (χ0n) is 7.38. The Morgan fingerprint density at radius 2 is 1.45 bits per heavy atom. The Morgan fingerprint density at radius 1 is 1.00 bits per heavy atom. The van der Waals surface area contributed by atoms with Gasteiger partial charge in [-0.3, -0.25) is 0 Å². The van der Waals surface area contributed by atoms with Crippen molar-refractivity contribution < 1.29 is 0 Å². The summed E-state index contributed by atoms with van der Waals surface area (Å²) in [5.41, 5.74) is 0.517. The fourth-order valence-electron chi connectivity index (χ4n) is 2.86. The van der Waals surface area contributed by atoms with Crippen molar-refractivity contribution in [3.05, 3.63) is 24.3 Å². The average Bonchev–Trinajstić information content (AvgIpc) is 2.39. The molecule has 0 amide bonds. The SMILES string of the molecule is CC[C@@H]1[C@@H](CC)C12C=CC=C2. The first-order valence-corrected chi connectivity index (χ1v) is 4.72. The van der Waals surface area contributed by atoms with Crippen LogP contribution in [0.5, 0.6) is 0 Å². The first-order chi connectivity index (χ1) is 5.35. The van der Waals surface area contributed by atoms with Gasteiger partial charge < -0.3 is 0 Å². The van der Waals surface area contributed by atoms with Crippen LogP contribution < -0.4 is 0 Å². The maximum atomic E-state index is 2.40. The minimum Gasteiger partial charge on any atom is -0.0740 e. The first kappa shape index (κ1) is 7.15. The first-order valence-electron chi connectivity index (χ1n) is 4.72. The van der Waals surface area contributed by atoms with Crippen LogP contribution in [-0.2, 0) is 0 Å². The van der Waals surface area contributed by atoms with Crippen LogP contribution in [0.4, 0.5) is 0 Å². The number of allylic oxidation sites excluding steroid dienone is 4. The predicted octanol–water partition coefficient (Wildman–Crippen LogP) is 3.16. The molecule has 0 aromatic rings. The van der Waals surface area contributed by atoms with E-state index < -0.39 is 0 Å². The highest BCUT2D eigenvalue weighted by Gasteiger charge is 2.59. The molecule has 0 heteroatoms. The van der Waals surface area contributed by atoms with Gasteiger partial charge in [0.15, 0.2) is 0 Å². The molecule has 0 bridgehead atoms. The molecule has 0 aromatic carbocycles. The molecule has 1 spiro atoms. The third-order valence-corrected chi connectivity index (χ3v) is 3.42.